The Kier molecular flexibility index (Phi) is 4.69. The molecule has 0 aliphatic heterocycles. The van der Waals surface area contributed by atoms with E-state index in [2.05, 4.69) is 43.4 Å². The second-order valence-electron chi connectivity index (χ2n) is 5.90. The molecule has 18 heavy (non-hydrogen) atoms. The molecule has 1 aliphatic carbocycles. The van der Waals surface area contributed by atoms with E-state index >= 15 is 0 Å². The molecule has 0 bridgehead atoms. The quantitative estimate of drug-likeness (QED) is 0.802. The van der Waals surface area contributed by atoms with Gasteiger partial charge < -0.3 is 5.32 Å². The lowest BCUT2D eigenvalue weighted by molar-refractivity contribution is 0.207. The molecule has 1 N–H and O–H groups in total. The number of alkyl halides is 1. The fourth-order valence-corrected chi connectivity index (χ4v) is 3.42. The first-order chi connectivity index (χ1) is 8.65. The Bertz CT molecular complexity index is 390. The van der Waals surface area contributed by atoms with E-state index in [0.717, 1.165) is 18.3 Å². The molecule has 2 heteroatoms. The van der Waals surface area contributed by atoms with Crippen LogP contribution in [0.3, 0.4) is 0 Å². The molecular formula is C16H24ClN. The summed E-state index contributed by atoms with van der Waals surface area (Å²) in [5.41, 5.74) is 2.90. The zero-order valence-corrected chi connectivity index (χ0v) is 12.3. The van der Waals surface area contributed by atoms with E-state index in [1.165, 1.54) is 36.8 Å². The second-order valence-corrected chi connectivity index (χ2v) is 6.16. The molecule has 1 saturated carbocycles. The number of benzene rings is 1. The summed E-state index contributed by atoms with van der Waals surface area (Å²) in [7, 11) is 0. The molecule has 1 aliphatic rings. The van der Waals surface area contributed by atoms with Crippen molar-refractivity contribution in [1.82, 2.24) is 5.32 Å². The zero-order valence-electron chi connectivity index (χ0n) is 11.5. The first kappa shape index (κ1) is 13.9. The van der Waals surface area contributed by atoms with Crippen LogP contribution in [0.1, 0.15) is 43.7 Å². The minimum atomic E-state index is 0.154. The normalized spacial score (nSPS) is 28.3. The van der Waals surface area contributed by atoms with Gasteiger partial charge in [-0.25, -0.2) is 0 Å². The molecule has 2 atom stereocenters. The predicted octanol–water partition coefficient (Wildman–Crippen LogP) is 4.27. The van der Waals surface area contributed by atoms with Crippen LogP contribution in [-0.4, -0.2) is 11.4 Å². The Balaban J connectivity index is 2.01. The highest BCUT2D eigenvalue weighted by Gasteiger charge is 2.33. The molecule has 100 valence electrons. The van der Waals surface area contributed by atoms with E-state index in [-0.39, 0.29) is 5.54 Å². The van der Waals surface area contributed by atoms with Crippen molar-refractivity contribution in [3.05, 3.63) is 35.4 Å². The van der Waals surface area contributed by atoms with Gasteiger partial charge in [0, 0.05) is 18.0 Å². The summed E-state index contributed by atoms with van der Waals surface area (Å²) < 4.78 is 0. The lowest BCUT2D eigenvalue weighted by atomic mass is 9.77. The summed E-state index contributed by atoms with van der Waals surface area (Å²) in [4.78, 5) is 0. The molecular weight excluding hydrogens is 242 g/mol. The summed E-state index contributed by atoms with van der Waals surface area (Å²) in [5, 5.41) is 3.74. The van der Waals surface area contributed by atoms with E-state index in [1.54, 1.807) is 0 Å². The molecule has 2 rings (SSSR count). The molecule has 0 spiro atoms. The summed E-state index contributed by atoms with van der Waals surface area (Å²) in [6.07, 6.45) is 5.08. The minimum absolute atomic E-state index is 0.154. The van der Waals surface area contributed by atoms with Gasteiger partial charge in [0.15, 0.2) is 0 Å². The van der Waals surface area contributed by atoms with Crippen LogP contribution >= 0.6 is 11.6 Å². The number of hydrogen-bond acceptors (Lipinski definition) is 1. The van der Waals surface area contributed by atoms with Crippen molar-refractivity contribution < 1.29 is 0 Å². The maximum atomic E-state index is 6.25. The summed E-state index contributed by atoms with van der Waals surface area (Å²) >= 11 is 6.25. The fraction of sp³-hybridized carbons (Fsp3) is 0.625. The fourth-order valence-electron chi connectivity index (χ4n) is 3.08. The van der Waals surface area contributed by atoms with Gasteiger partial charge in [-0.2, -0.15) is 0 Å². The number of rotatable bonds is 4. The van der Waals surface area contributed by atoms with Gasteiger partial charge in [-0.15, -0.1) is 11.6 Å². The first-order valence-electron chi connectivity index (χ1n) is 7.01. The second kappa shape index (κ2) is 6.08. The molecule has 1 aromatic carbocycles. The highest BCUT2D eigenvalue weighted by molar-refractivity contribution is 6.18. The summed E-state index contributed by atoms with van der Waals surface area (Å²) in [6.45, 7) is 5.45. The van der Waals surface area contributed by atoms with E-state index < -0.39 is 0 Å². The number of hydrogen-bond donors (Lipinski definition) is 1. The lowest BCUT2D eigenvalue weighted by Gasteiger charge is -2.39. The van der Waals surface area contributed by atoms with Crippen molar-refractivity contribution in [2.75, 3.05) is 5.88 Å². The molecule has 0 aromatic heterocycles. The molecule has 1 nitrogen and oxygen atoms in total. The maximum absolute atomic E-state index is 6.25. The number of aryl methyl sites for hydroxylation is 1. The van der Waals surface area contributed by atoms with Crippen molar-refractivity contribution >= 4 is 11.6 Å². The highest BCUT2D eigenvalue weighted by Crippen LogP contribution is 2.33. The Hall–Kier alpha value is -0.530. The molecule has 0 radical (unpaired) electrons. The minimum Gasteiger partial charge on any atom is -0.306 e. The summed E-state index contributed by atoms with van der Waals surface area (Å²) in [6, 6.07) is 8.59. The van der Waals surface area contributed by atoms with Crippen molar-refractivity contribution in [2.45, 2.75) is 51.6 Å². The number of nitrogens with one attached hydrogen (secondary N) is 1. The van der Waals surface area contributed by atoms with Crippen LogP contribution in [0.4, 0.5) is 0 Å². The summed E-state index contributed by atoms with van der Waals surface area (Å²) in [5.74, 6) is 1.52. The van der Waals surface area contributed by atoms with Gasteiger partial charge in [0.05, 0.1) is 0 Å². The Morgan fingerprint density at radius 1 is 1.39 bits per heavy atom. The average Bonchev–Trinajstić information content (AvgIpc) is 2.38. The van der Waals surface area contributed by atoms with Crippen molar-refractivity contribution in [1.29, 1.82) is 0 Å². The van der Waals surface area contributed by atoms with Gasteiger partial charge in [0.25, 0.3) is 0 Å². The molecule has 2 unspecified atom stereocenters. The zero-order chi connectivity index (χ0) is 13.0. The molecule has 0 heterocycles. The largest absolute Gasteiger partial charge is 0.306 e. The Morgan fingerprint density at radius 2 is 2.17 bits per heavy atom. The van der Waals surface area contributed by atoms with Crippen LogP contribution in [0.15, 0.2) is 24.3 Å². The SMILES string of the molecule is Cc1ccccc1CNC1(CCl)CCCC(C)C1. The monoisotopic (exact) mass is 265 g/mol. The van der Waals surface area contributed by atoms with Crippen LogP contribution in [0.5, 0.6) is 0 Å². The first-order valence-corrected chi connectivity index (χ1v) is 7.54. The molecule has 0 saturated heterocycles. The van der Waals surface area contributed by atoms with Crippen LogP contribution in [-0.2, 0) is 6.54 Å². The highest BCUT2D eigenvalue weighted by atomic mass is 35.5. The molecule has 1 aromatic rings. The van der Waals surface area contributed by atoms with Crippen molar-refractivity contribution in [3.8, 4) is 0 Å². The van der Waals surface area contributed by atoms with Crippen LogP contribution in [0.25, 0.3) is 0 Å². The topological polar surface area (TPSA) is 12.0 Å². The average molecular weight is 266 g/mol. The van der Waals surface area contributed by atoms with Gasteiger partial charge in [-0.1, -0.05) is 44.0 Å². The predicted molar refractivity (Wildman–Crippen MR) is 79.1 cm³/mol. The molecule has 1 fully saturated rings. The van der Waals surface area contributed by atoms with Gasteiger partial charge in [0.1, 0.15) is 0 Å². The third-order valence-corrected chi connectivity index (χ3v) is 4.77. The van der Waals surface area contributed by atoms with E-state index in [1.807, 2.05) is 0 Å². The Labute approximate surface area is 116 Å². The van der Waals surface area contributed by atoms with Gasteiger partial charge in [-0.05, 0) is 36.8 Å². The van der Waals surface area contributed by atoms with Gasteiger partial charge in [-0.3, -0.25) is 0 Å². The third-order valence-electron chi connectivity index (χ3n) is 4.26. The van der Waals surface area contributed by atoms with Gasteiger partial charge >= 0.3 is 0 Å². The standard InChI is InChI=1S/C16H24ClN/c1-13-6-5-9-16(10-13,12-17)18-11-15-8-4-3-7-14(15)2/h3-4,7-8,13,18H,5-6,9-12H2,1-2H3. The lowest BCUT2D eigenvalue weighted by Crippen LogP contribution is -2.49. The van der Waals surface area contributed by atoms with Crippen LogP contribution < -0.4 is 5.32 Å². The maximum Gasteiger partial charge on any atom is 0.0406 e. The van der Waals surface area contributed by atoms with E-state index in [0.29, 0.717) is 0 Å². The van der Waals surface area contributed by atoms with Crippen molar-refractivity contribution in [2.24, 2.45) is 5.92 Å². The third kappa shape index (κ3) is 3.27. The molecule has 0 amide bonds. The van der Waals surface area contributed by atoms with Gasteiger partial charge in [0.2, 0.25) is 0 Å². The van der Waals surface area contributed by atoms with E-state index in [9.17, 15) is 0 Å². The van der Waals surface area contributed by atoms with Crippen molar-refractivity contribution in [3.63, 3.8) is 0 Å². The van der Waals surface area contributed by atoms with Crippen LogP contribution in [0, 0.1) is 12.8 Å². The number of halogens is 1. The van der Waals surface area contributed by atoms with Crippen LogP contribution in [0.2, 0.25) is 0 Å². The smallest absolute Gasteiger partial charge is 0.0406 e. The Morgan fingerprint density at radius 3 is 2.83 bits per heavy atom. The van der Waals surface area contributed by atoms with E-state index in [4.69, 9.17) is 11.6 Å².